The van der Waals surface area contributed by atoms with Gasteiger partial charge in [-0.05, 0) is 26.8 Å². The van der Waals surface area contributed by atoms with E-state index in [1.54, 1.807) is 12.5 Å². The highest BCUT2D eigenvalue weighted by Crippen LogP contribution is 2.27. The minimum Gasteiger partial charge on any atom is -0.472 e. The summed E-state index contributed by atoms with van der Waals surface area (Å²) in [5.74, 6) is 0.866. The minimum absolute atomic E-state index is 0.154. The quantitative estimate of drug-likeness (QED) is 0.692. The van der Waals surface area contributed by atoms with Crippen LogP contribution in [0.2, 0.25) is 0 Å². The highest BCUT2D eigenvalue weighted by molar-refractivity contribution is 6.20. The molecule has 0 radical (unpaired) electrons. The molecule has 1 unspecified atom stereocenters. The van der Waals surface area contributed by atoms with Crippen LogP contribution in [0.1, 0.15) is 36.3 Å². The van der Waals surface area contributed by atoms with Crippen LogP contribution in [0.5, 0.6) is 0 Å². The van der Waals surface area contributed by atoms with E-state index in [1.807, 2.05) is 24.6 Å². The Morgan fingerprint density at radius 3 is 2.85 bits per heavy atom. The summed E-state index contributed by atoms with van der Waals surface area (Å²) >= 11 is 6.29. The molecule has 0 N–H and O–H groups in total. The third-order valence-electron chi connectivity index (χ3n) is 3.40. The number of hydrogen-bond acceptors (Lipinski definition) is 3. The Morgan fingerprint density at radius 1 is 1.45 bits per heavy atom. The molecule has 0 saturated carbocycles. The summed E-state index contributed by atoms with van der Waals surface area (Å²) in [7, 11) is 0. The van der Waals surface area contributed by atoms with Crippen molar-refractivity contribution >= 4 is 22.8 Å². The highest BCUT2D eigenvalue weighted by atomic mass is 35.5. The summed E-state index contributed by atoms with van der Waals surface area (Å²) in [6, 6.07) is 1.95. The van der Waals surface area contributed by atoms with E-state index in [0.717, 1.165) is 34.8 Å². The van der Waals surface area contributed by atoms with Gasteiger partial charge in [0.05, 0.1) is 30.1 Å². The fourth-order valence-corrected chi connectivity index (χ4v) is 2.65. The second-order valence-corrected chi connectivity index (χ2v) is 5.53. The average molecular weight is 293 g/mol. The van der Waals surface area contributed by atoms with Gasteiger partial charge in [-0.1, -0.05) is 0 Å². The van der Waals surface area contributed by atoms with Crippen LogP contribution in [0.3, 0.4) is 0 Å². The van der Waals surface area contributed by atoms with Crippen LogP contribution in [-0.4, -0.2) is 19.3 Å². The van der Waals surface area contributed by atoms with Crippen molar-refractivity contribution in [2.24, 2.45) is 0 Å². The fourth-order valence-electron chi connectivity index (χ4n) is 2.49. The lowest BCUT2D eigenvalue weighted by Crippen LogP contribution is -2.09. The molecule has 106 valence electrons. The van der Waals surface area contributed by atoms with Gasteiger partial charge in [0, 0.05) is 12.1 Å². The number of fused-ring (bicyclic) bond motifs is 1. The van der Waals surface area contributed by atoms with Crippen LogP contribution in [0.25, 0.3) is 11.2 Å². The molecule has 3 aromatic rings. The van der Waals surface area contributed by atoms with Crippen molar-refractivity contribution in [2.75, 3.05) is 0 Å². The molecule has 0 amide bonds. The van der Waals surface area contributed by atoms with Crippen LogP contribution in [0, 0.1) is 6.92 Å². The van der Waals surface area contributed by atoms with Crippen molar-refractivity contribution < 1.29 is 4.42 Å². The van der Waals surface area contributed by atoms with Crippen molar-refractivity contribution in [3.05, 3.63) is 35.7 Å². The van der Waals surface area contributed by atoms with Gasteiger partial charge >= 0.3 is 0 Å². The first kappa shape index (κ1) is 13.2. The summed E-state index contributed by atoms with van der Waals surface area (Å²) in [6.45, 7) is 7.48. The Hall–Kier alpha value is -1.75. The molecular weight excluding hydrogens is 276 g/mol. The summed E-state index contributed by atoms with van der Waals surface area (Å²) in [5, 5.41) is 4.37. The molecule has 1 atom stereocenters. The number of alkyl halides is 1. The van der Waals surface area contributed by atoms with Gasteiger partial charge in [-0.2, -0.15) is 5.10 Å². The normalized spacial score (nSPS) is 13.2. The first-order chi connectivity index (χ1) is 9.61. The van der Waals surface area contributed by atoms with E-state index >= 15 is 0 Å². The number of imidazole rings is 1. The Labute approximate surface area is 122 Å². The summed E-state index contributed by atoms with van der Waals surface area (Å²) in [6.07, 6.45) is 3.42. The number of furan rings is 1. The third-order valence-corrected chi connectivity index (χ3v) is 3.60. The second kappa shape index (κ2) is 4.98. The lowest BCUT2D eigenvalue weighted by Gasteiger charge is -2.10. The average Bonchev–Trinajstić information content (AvgIpc) is 3.09. The van der Waals surface area contributed by atoms with Crippen LogP contribution < -0.4 is 0 Å². The number of nitrogens with zero attached hydrogens (tertiary/aromatic N) is 4. The van der Waals surface area contributed by atoms with E-state index in [4.69, 9.17) is 16.0 Å². The van der Waals surface area contributed by atoms with Crippen LogP contribution in [0.15, 0.2) is 23.0 Å². The van der Waals surface area contributed by atoms with Crippen molar-refractivity contribution in [3.8, 4) is 0 Å². The zero-order chi connectivity index (χ0) is 14.3. The molecule has 0 aliphatic rings. The summed E-state index contributed by atoms with van der Waals surface area (Å²) in [4.78, 5) is 4.68. The van der Waals surface area contributed by atoms with Gasteiger partial charge in [-0.25, -0.2) is 9.67 Å². The maximum absolute atomic E-state index is 6.29. The molecule has 6 heteroatoms. The molecule has 0 aliphatic carbocycles. The predicted molar refractivity (Wildman–Crippen MR) is 78.0 cm³/mol. The molecule has 0 bridgehead atoms. The molecule has 5 nitrogen and oxygen atoms in total. The van der Waals surface area contributed by atoms with E-state index in [0.29, 0.717) is 6.54 Å². The molecule has 0 aromatic carbocycles. The Kier molecular flexibility index (Phi) is 3.30. The van der Waals surface area contributed by atoms with Gasteiger partial charge in [0.15, 0.2) is 5.65 Å². The monoisotopic (exact) mass is 292 g/mol. The van der Waals surface area contributed by atoms with E-state index < -0.39 is 0 Å². The van der Waals surface area contributed by atoms with Gasteiger partial charge in [0.25, 0.3) is 0 Å². The third kappa shape index (κ3) is 2.02. The standard InChI is InChI=1S/C14H17ClN4O/c1-4-19-14-12(10(3)17-19)16-13(9(2)15)18(14)7-11-5-6-20-8-11/h5-6,8-9H,4,7H2,1-3H3. The van der Waals surface area contributed by atoms with E-state index in [1.165, 1.54) is 0 Å². The van der Waals surface area contributed by atoms with Crippen molar-refractivity contribution in [2.45, 2.75) is 39.2 Å². The summed E-state index contributed by atoms with van der Waals surface area (Å²) in [5.41, 5.74) is 3.97. The smallest absolute Gasteiger partial charge is 0.159 e. The molecule has 3 aromatic heterocycles. The maximum Gasteiger partial charge on any atom is 0.159 e. The molecule has 20 heavy (non-hydrogen) atoms. The largest absolute Gasteiger partial charge is 0.472 e. The first-order valence-electron chi connectivity index (χ1n) is 6.70. The molecule has 0 fully saturated rings. The number of halogens is 1. The van der Waals surface area contributed by atoms with Gasteiger partial charge in [-0.15, -0.1) is 11.6 Å². The van der Waals surface area contributed by atoms with Crippen LogP contribution in [-0.2, 0) is 13.1 Å². The highest BCUT2D eigenvalue weighted by Gasteiger charge is 2.21. The van der Waals surface area contributed by atoms with E-state index in [-0.39, 0.29) is 5.38 Å². The molecular formula is C14H17ClN4O. The molecule has 3 heterocycles. The number of hydrogen-bond donors (Lipinski definition) is 0. The van der Waals surface area contributed by atoms with Crippen molar-refractivity contribution in [1.82, 2.24) is 19.3 Å². The lowest BCUT2D eigenvalue weighted by atomic mass is 10.3. The molecule has 0 aliphatic heterocycles. The zero-order valence-corrected chi connectivity index (χ0v) is 12.6. The Balaban J connectivity index is 2.22. The van der Waals surface area contributed by atoms with Crippen molar-refractivity contribution in [3.63, 3.8) is 0 Å². The van der Waals surface area contributed by atoms with Crippen LogP contribution in [0.4, 0.5) is 0 Å². The number of aromatic nitrogens is 4. The first-order valence-corrected chi connectivity index (χ1v) is 7.14. The van der Waals surface area contributed by atoms with E-state index in [2.05, 4.69) is 21.6 Å². The molecule has 3 rings (SSSR count). The number of rotatable bonds is 4. The van der Waals surface area contributed by atoms with E-state index in [9.17, 15) is 0 Å². The molecule has 0 saturated heterocycles. The maximum atomic E-state index is 6.29. The Morgan fingerprint density at radius 2 is 2.25 bits per heavy atom. The molecule has 0 spiro atoms. The van der Waals surface area contributed by atoms with Gasteiger partial charge in [0.2, 0.25) is 0 Å². The summed E-state index contributed by atoms with van der Waals surface area (Å²) < 4.78 is 9.25. The number of aryl methyl sites for hydroxylation is 2. The zero-order valence-electron chi connectivity index (χ0n) is 11.8. The second-order valence-electron chi connectivity index (χ2n) is 4.88. The minimum atomic E-state index is -0.154. The SMILES string of the molecule is CCn1nc(C)c2nc(C(C)Cl)n(Cc3ccoc3)c21. The predicted octanol–water partition coefficient (Wildman–Crippen LogP) is 3.50. The fraction of sp³-hybridized carbons (Fsp3) is 0.429. The van der Waals surface area contributed by atoms with Crippen molar-refractivity contribution in [1.29, 1.82) is 0 Å². The van der Waals surface area contributed by atoms with Gasteiger partial charge in [-0.3, -0.25) is 0 Å². The Bertz CT molecular complexity index is 724. The lowest BCUT2D eigenvalue weighted by molar-refractivity contribution is 0.560. The van der Waals surface area contributed by atoms with Crippen LogP contribution >= 0.6 is 11.6 Å². The topological polar surface area (TPSA) is 48.8 Å². The van der Waals surface area contributed by atoms with Gasteiger partial charge in [0.1, 0.15) is 11.3 Å². The van der Waals surface area contributed by atoms with Gasteiger partial charge < -0.3 is 8.98 Å².